The Balaban J connectivity index is 1.33. The molecule has 4 rings (SSSR count). The van der Waals surface area contributed by atoms with Gasteiger partial charge in [0.15, 0.2) is 0 Å². The summed E-state index contributed by atoms with van der Waals surface area (Å²) in [6, 6.07) is 3.13. The number of amides is 2. The molecule has 1 aromatic rings. The molecule has 3 heterocycles. The molecule has 0 radical (unpaired) electrons. The van der Waals surface area contributed by atoms with Crippen molar-refractivity contribution < 1.29 is 31.2 Å². The van der Waals surface area contributed by atoms with Crippen LogP contribution in [0.1, 0.15) is 64.1 Å². The van der Waals surface area contributed by atoms with Gasteiger partial charge in [0.05, 0.1) is 17.7 Å². The highest BCUT2D eigenvalue weighted by Crippen LogP contribution is 2.34. The number of carbonyl (C=O) groups is 2. The van der Waals surface area contributed by atoms with E-state index in [1.54, 1.807) is 4.90 Å². The van der Waals surface area contributed by atoms with E-state index >= 15 is 0 Å². The van der Waals surface area contributed by atoms with Gasteiger partial charge in [0.1, 0.15) is 17.7 Å². The Morgan fingerprint density at radius 2 is 1.83 bits per heavy atom. The van der Waals surface area contributed by atoms with Crippen LogP contribution in [0.5, 0.6) is 0 Å². The number of nitrogens with zero attached hydrogens (tertiary/aromatic N) is 5. The fourth-order valence-electron chi connectivity index (χ4n) is 6.27. The van der Waals surface area contributed by atoms with Crippen LogP contribution < -0.4 is 25.6 Å². The van der Waals surface area contributed by atoms with Crippen molar-refractivity contribution in [3.63, 3.8) is 0 Å². The summed E-state index contributed by atoms with van der Waals surface area (Å²) in [6.07, 6.45) is 5.76. The van der Waals surface area contributed by atoms with E-state index in [0.29, 0.717) is 64.7 Å². The van der Waals surface area contributed by atoms with Crippen molar-refractivity contribution in [2.75, 3.05) is 48.3 Å². The lowest BCUT2D eigenvalue weighted by Gasteiger charge is -2.34. The third-order valence-corrected chi connectivity index (χ3v) is 9.66. The standard InChI is InChI=1S/C31H43F3N8O4S/c1-21-18-23(7-8-24(21)20-35)9-12-38-29(44)25-5-3-14-42(25)27-19-26(39-30(40-27)31(32,33)34)41-15-10-22(11-16-41)4-2-6-28(43)37-13-17-47(36,45)46/h7-8,18-19,21-22,24-25H,2-6,9-17H2,1H3,(H,37,43)(H,38,44)(H2,36,45,46)/t21?,24?,25-/m0/s1. The van der Waals surface area contributed by atoms with E-state index in [9.17, 15) is 36.4 Å². The molecule has 0 aromatic carbocycles. The topological polar surface area (TPSA) is 174 Å². The molecule has 2 aliphatic heterocycles. The monoisotopic (exact) mass is 680 g/mol. The average molecular weight is 681 g/mol. The summed E-state index contributed by atoms with van der Waals surface area (Å²) in [6.45, 7) is 3.66. The number of nitrogens with one attached hydrogen (secondary N) is 2. The zero-order chi connectivity index (χ0) is 34.2. The summed E-state index contributed by atoms with van der Waals surface area (Å²) >= 11 is 0. The fraction of sp³-hybridized carbons (Fsp3) is 0.645. The molecule has 0 saturated carbocycles. The van der Waals surface area contributed by atoms with Gasteiger partial charge in [-0.3, -0.25) is 9.59 Å². The predicted octanol–water partition coefficient (Wildman–Crippen LogP) is 3.03. The molecule has 2 saturated heterocycles. The van der Waals surface area contributed by atoms with Gasteiger partial charge in [-0.2, -0.15) is 18.4 Å². The van der Waals surface area contributed by atoms with Gasteiger partial charge in [0.25, 0.3) is 0 Å². The first kappa shape index (κ1) is 36.1. The number of primary sulfonamides is 1. The largest absolute Gasteiger partial charge is 0.451 e. The van der Waals surface area contributed by atoms with E-state index in [4.69, 9.17) is 5.14 Å². The highest BCUT2D eigenvalue weighted by molar-refractivity contribution is 7.89. The second-order valence-electron chi connectivity index (χ2n) is 12.5. The van der Waals surface area contributed by atoms with Crippen molar-refractivity contribution in [1.82, 2.24) is 20.6 Å². The summed E-state index contributed by atoms with van der Waals surface area (Å²) < 4.78 is 63.8. The molecular formula is C31H43F3N8O4S. The van der Waals surface area contributed by atoms with Crippen molar-refractivity contribution in [2.24, 2.45) is 22.9 Å². The van der Waals surface area contributed by atoms with Crippen molar-refractivity contribution >= 4 is 33.5 Å². The van der Waals surface area contributed by atoms with E-state index in [-0.39, 0.29) is 59.9 Å². The fourth-order valence-corrected chi connectivity index (χ4v) is 6.66. The number of halogens is 3. The minimum Gasteiger partial charge on any atom is -0.356 e. The Hall–Kier alpha value is -3.71. The van der Waals surface area contributed by atoms with Crippen LogP contribution in [0.2, 0.25) is 0 Å². The maximum Gasteiger partial charge on any atom is 0.451 e. The smallest absolute Gasteiger partial charge is 0.356 e. The Morgan fingerprint density at radius 3 is 2.49 bits per heavy atom. The first-order chi connectivity index (χ1) is 22.2. The number of piperidine rings is 1. The van der Waals surface area contributed by atoms with E-state index in [1.165, 1.54) is 6.07 Å². The number of allylic oxidation sites excluding steroid dienone is 3. The lowest BCUT2D eigenvalue weighted by Crippen LogP contribution is -2.44. The van der Waals surface area contributed by atoms with Crippen LogP contribution in [-0.4, -0.2) is 74.7 Å². The zero-order valence-electron chi connectivity index (χ0n) is 26.5. The number of nitriles is 1. The summed E-state index contributed by atoms with van der Waals surface area (Å²) in [7, 11) is -3.64. The quantitative estimate of drug-likeness (QED) is 0.283. The minimum atomic E-state index is -4.77. The third kappa shape index (κ3) is 10.6. The van der Waals surface area contributed by atoms with Gasteiger partial charge in [-0.25, -0.2) is 23.5 Å². The van der Waals surface area contributed by atoms with Gasteiger partial charge in [-0.05, 0) is 56.8 Å². The molecule has 1 aliphatic carbocycles. The van der Waals surface area contributed by atoms with Gasteiger partial charge >= 0.3 is 6.18 Å². The normalized spacial score (nSPS) is 22.1. The Labute approximate surface area is 273 Å². The molecule has 3 aliphatic rings. The molecule has 2 unspecified atom stereocenters. The molecule has 47 heavy (non-hydrogen) atoms. The molecule has 2 fully saturated rings. The van der Waals surface area contributed by atoms with Crippen LogP contribution >= 0.6 is 0 Å². The molecular weight excluding hydrogens is 637 g/mol. The second kappa shape index (κ2) is 15.9. The SMILES string of the molecule is CC1C=C(CCNC(=O)[C@@H]2CCCN2c2cc(N3CCC(CCCC(=O)NCCS(N)(=O)=O)CC3)nc(C(F)(F)F)n2)C=CC1C#N. The lowest BCUT2D eigenvalue weighted by molar-refractivity contribution is -0.144. The van der Waals surface area contributed by atoms with Gasteiger partial charge < -0.3 is 20.4 Å². The highest BCUT2D eigenvalue weighted by Gasteiger charge is 2.39. The van der Waals surface area contributed by atoms with Crippen LogP contribution in [0.25, 0.3) is 0 Å². The molecule has 12 nitrogen and oxygen atoms in total. The predicted molar refractivity (Wildman–Crippen MR) is 170 cm³/mol. The Morgan fingerprint density at radius 1 is 1.11 bits per heavy atom. The van der Waals surface area contributed by atoms with Crippen molar-refractivity contribution in [2.45, 2.75) is 70.5 Å². The number of aromatic nitrogens is 2. The van der Waals surface area contributed by atoms with Crippen LogP contribution in [0, 0.1) is 29.1 Å². The molecule has 16 heteroatoms. The molecule has 3 atom stereocenters. The number of rotatable bonds is 13. The maximum absolute atomic E-state index is 13.9. The number of alkyl halides is 3. The van der Waals surface area contributed by atoms with E-state index in [1.807, 2.05) is 30.1 Å². The minimum absolute atomic E-state index is 0.0410. The van der Waals surface area contributed by atoms with Crippen LogP contribution in [-0.2, 0) is 25.8 Å². The van der Waals surface area contributed by atoms with Crippen molar-refractivity contribution in [1.29, 1.82) is 5.26 Å². The molecule has 258 valence electrons. The Bertz CT molecular complexity index is 1490. The second-order valence-corrected chi connectivity index (χ2v) is 14.2. The lowest BCUT2D eigenvalue weighted by atomic mass is 9.87. The van der Waals surface area contributed by atoms with Crippen LogP contribution in [0.15, 0.2) is 29.9 Å². The van der Waals surface area contributed by atoms with Gasteiger partial charge in [-0.1, -0.05) is 30.7 Å². The number of anilines is 2. The van der Waals surface area contributed by atoms with Crippen LogP contribution in [0.4, 0.5) is 24.8 Å². The first-order valence-corrected chi connectivity index (χ1v) is 17.8. The van der Waals surface area contributed by atoms with E-state index in [0.717, 1.165) is 12.0 Å². The molecule has 0 spiro atoms. The Kier molecular flexibility index (Phi) is 12.2. The number of hydrogen-bond acceptors (Lipinski definition) is 9. The van der Waals surface area contributed by atoms with Crippen molar-refractivity contribution in [3.8, 4) is 6.07 Å². The summed E-state index contributed by atoms with van der Waals surface area (Å²) in [5.41, 5.74) is 1.02. The van der Waals surface area contributed by atoms with Crippen molar-refractivity contribution in [3.05, 3.63) is 35.7 Å². The zero-order valence-corrected chi connectivity index (χ0v) is 27.3. The summed E-state index contributed by atoms with van der Waals surface area (Å²) in [4.78, 5) is 36.3. The van der Waals surface area contributed by atoms with Gasteiger partial charge in [0.2, 0.25) is 27.7 Å². The molecule has 1 aromatic heterocycles. The van der Waals surface area contributed by atoms with E-state index < -0.39 is 28.1 Å². The summed E-state index contributed by atoms with van der Waals surface area (Å²) in [5.74, 6) is -1.65. The number of nitrogens with two attached hydrogens (primary N) is 1. The van der Waals surface area contributed by atoms with Gasteiger partial charge in [-0.15, -0.1) is 0 Å². The molecule has 4 N–H and O–H groups in total. The summed E-state index contributed by atoms with van der Waals surface area (Å²) in [5, 5.41) is 19.6. The number of hydrogen-bond donors (Lipinski definition) is 3. The highest BCUT2D eigenvalue weighted by atomic mass is 32.2. The third-order valence-electron chi connectivity index (χ3n) is 8.89. The maximum atomic E-state index is 13.9. The van der Waals surface area contributed by atoms with Crippen LogP contribution in [0.3, 0.4) is 0 Å². The molecule has 0 bridgehead atoms. The van der Waals surface area contributed by atoms with E-state index in [2.05, 4.69) is 26.7 Å². The molecule has 2 amide bonds. The number of sulfonamides is 1. The first-order valence-electron chi connectivity index (χ1n) is 16.0. The number of carbonyl (C=O) groups excluding carboxylic acids is 2. The van der Waals surface area contributed by atoms with Gasteiger partial charge in [0, 0.05) is 45.2 Å². The average Bonchev–Trinajstić information content (AvgIpc) is 3.51.